The minimum atomic E-state index is -2.89. The first-order valence-electron chi connectivity index (χ1n) is 8.04. The van der Waals surface area contributed by atoms with Crippen LogP contribution in [0.4, 0.5) is 8.78 Å². The summed E-state index contributed by atoms with van der Waals surface area (Å²) in [7, 11) is 3.33. The molecule has 0 aliphatic heterocycles. The molecule has 0 aliphatic rings. The average Bonchev–Trinajstić information content (AvgIpc) is 2.54. The predicted octanol–water partition coefficient (Wildman–Crippen LogP) is 2.69. The molecule has 26 heavy (non-hydrogen) atoms. The summed E-state index contributed by atoms with van der Waals surface area (Å²) in [5, 5.41) is 6.07. The Hall–Kier alpha value is -1.65. The second-order valence-corrected chi connectivity index (χ2v) is 6.07. The second kappa shape index (κ2) is 12.7. The molecule has 0 heterocycles. The van der Waals surface area contributed by atoms with E-state index in [0.29, 0.717) is 24.0 Å². The number of carbonyl (C=O) groups is 1. The molecule has 0 saturated carbocycles. The van der Waals surface area contributed by atoms with Gasteiger partial charge in [-0.25, -0.2) is 4.99 Å². The number of hydrogen-bond donors (Lipinski definition) is 2. The highest BCUT2D eigenvalue weighted by atomic mass is 127. The molecule has 0 radical (unpaired) electrons. The number of likely N-dealkylation sites (N-methyl/N-ethyl adjacent to an activating group) is 1. The van der Waals surface area contributed by atoms with Crippen LogP contribution in [0.25, 0.3) is 0 Å². The second-order valence-electron chi connectivity index (χ2n) is 6.07. The molecule has 148 valence electrons. The number of amides is 1. The number of rotatable bonds is 8. The van der Waals surface area contributed by atoms with Crippen molar-refractivity contribution >= 4 is 35.8 Å². The normalized spacial score (nSPS) is 11.2. The average molecular weight is 484 g/mol. The van der Waals surface area contributed by atoms with Crippen molar-refractivity contribution in [2.75, 3.05) is 27.2 Å². The van der Waals surface area contributed by atoms with Gasteiger partial charge in [0.25, 0.3) is 0 Å². The molecule has 0 bridgehead atoms. The standard InChI is InChI=1S/C17H26F2N4O2.HI/c1-12(2)9-20-17(22-11-15(24)23(3)4)21-10-13-7-5-6-8-14(13)25-16(18)19;/h5-8,12,16H,9-11H2,1-4H3,(H2,20,21,22);1H. The molecule has 0 fully saturated rings. The molecular weight excluding hydrogens is 457 g/mol. The van der Waals surface area contributed by atoms with Gasteiger partial charge in [0.2, 0.25) is 5.91 Å². The maximum Gasteiger partial charge on any atom is 0.387 e. The summed E-state index contributed by atoms with van der Waals surface area (Å²) >= 11 is 0. The number of benzene rings is 1. The molecule has 0 saturated heterocycles. The van der Waals surface area contributed by atoms with Gasteiger partial charge in [-0.05, 0) is 12.0 Å². The molecule has 0 aliphatic carbocycles. The summed E-state index contributed by atoms with van der Waals surface area (Å²) in [5.41, 5.74) is 0.535. The van der Waals surface area contributed by atoms with Crippen molar-refractivity contribution in [2.24, 2.45) is 10.9 Å². The Balaban J connectivity index is 0.00000625. The van der Waals surface area contributed by atoms with Crippen LogP contribution in [0.15, 0.2) is 29.3 Å². The van der Waals surface area contributed by atoms with E-state index in [-0.39, 0.29) is 48.7 Å². The lowest BCUT2D eigenvalue weighted by molar-refractivity contribution is -0.127. The quantitative estimate of drug-likeness (QED) is 0.339. The van der Waals surface area contributed by atoms with Crippen LogP contribution in [-0.4, -0.2) is 50.6 Å². The molecule has 1 amide bonds. The van der Waals surface area contributed by atoms with E-state index in [1.54, 1.807) is 32.3 Å². The number of aliphatic imine (C=N–C) groups is 1. The molecule has 2 N–H and O–H groups in total. The lowest BCUT2D eigenvalue weighted by Crippen LogP contribution is -2.44. The predicted molar refractivity (Wildman–Crippen MR) is 109 cm³/mol. The highest BCUT2D eigenvalue weighted by Gasteiger charge is 2.10. The zero-order valence-corrected chi connectivity index (χ0v) is 17.8. The van der Waals surface area contributed by atoms with Crippen LogP contribution < -0.4 is 15.4 Å². The van der Waals surface area contributed by atoms with Crippen LogP contribution in [0.5, 0.6) is 5.75 Å². The minimum Gasteiger partial charge on any atom is -0.434 e. The van der Waals surface area contributed by atoms with E-state index < -0.39 is 6.61 Å². The van der Waals surface area contributed by atoms with Gasteiger partial charge < -0.3 is 20.3 Å². The van der Waals surface area contributed by atoms with E-state index in [1.807, 2.05) is 13.8 Å². The molecular formula is C17H27F2IN4O2. The smallest absolute Gasteiger partial charge is 0.387 e. The topological polar surface area (TPSA) is 66.0 Å². The van der Waals surface area contributed by atoms with Gasteiger partial charge in [-0.1, -0.05) is 32.0 Å². The van der Waals surface area contributed by atoms with Gasteiger partial charge in [0.1, 0.15) is 5.75 Å². The molecule has 0 spiro atoms. The minimum absolute atomic E-state index is 0. The SMILES string of the molecule is CC(C)CNC(=NCc1ccccc1OC(F)F)NCC(=O)N(C)C.I. The first kappa shape index (κ1) is 24.4. The van der Waals surface area contributed by atoms with Crippen LogP contribution in [0.1, 0.15) is 19.4 Å². The Morgan fingerprint density at radius 2 is 1.88 bits per heavy atom. The summed E-state index contributed by atoms with van der Waals surface area (Å²) in [6, 6.07) is 6.50. The maximum atomic E-state index is 12.5. The van der Waals surface area contributed by atoms with E-state index in [1.165, 1.54) is 11.0 Å². The van der Waals surface area contributed by atoms with Crippen molar-refractivity contribution in [3.05, 3.63) is 29.8 Å². The number of para-hydroxylation sites is 1. The number of alkyl halides is 2. The zero-order valence-electron chi connectivity index (χ0n) is 15.5. The van der Waals surface area contributed by atoms with E-state index in [2.05, 4.69) is 20.4 Å². The summed E-state index contributed by atoms with van der Waals surface area (Å²) in [6.45, 7) is 2.10. The van der Waals surface area contributed by atoms with Crippen molar-refractivity contribution in [2.45, 2.75) is 27.0 Å². The van der Waals surface area contributed by atoms with Crippen molar-refractivity contribution in [3.8, 4) is 5.75 Å². The number of hydrogen-bond acceptors (Lipinski definition) is 3. The van der Waals surface area contributed by atoms with Crippen molar-refractivity contribution < 1.29 is 18.3 Å². The fraction of sp³-hybridized carbons (Fsp3) is 0.529. The van der Waals surface area contributed by atoms with Gasteiger partial charge in [0, 0.05) is 26.2 Å². The highest BCUT2D eigenvalue weighted by Crippen LogP contribution is 2.20. The lowest BCUT2D eigenvalue weighted by atomic mass is 10.2. The third kappa shape index (κ3) is 9.73. The van der Waals surface area contributed by atoms with Crippen molar-refractivity contribution in [1.29, 1.82) is 0 Å². The van der Waals surface area contributed by atoms with E-state index in [4.69, 9.17) is 0 Å². The summed E-state index contributed by atoms with van der Waals surface area (Å²) in [4.78, 5) is 17.5. The zero-order chi connectivity index (χ0) is 18.8. The molecule has 1 aromatic rings. The Morgan fingerprint density at radius 3 is 2.46 bits per heavy atom. The first-order valence-corrected chi connectivity index (χ1v) is 8.04. The molecule has 0 aromatic heterocycles. The van der Waals surface area contributed by atoms with Gasteiger partial charge in [-0.2, -0.15) is 8.78 Å². The number of nitrogens with one attached hydrogen (secondary N) is 2. The van der Waals surface area contributed by atoms with Gasteiger partial charge >= 0.3 is 6.61 Å². The third-order valence-corrected chi connectivity index (χ3v) is 3.18. The summed E-state index contributed by atoms with van der Waals surface area (Å²) < 4.78 is 29.4. The number of nitrogens with zero attached hydrogens (tertiary/aromatic N) is 2. The highest BCUT2D eigenvalue weighted by molar-refractivity contribution is 14.0. The molecule has 0 unspecified atom stereocenters. The van der Waals surface area contributed by atoms with Gasteiger partial charge in [0.15, 0.2) is 5.96 Å². The van der Waals surface area contributed by atoms with E-state index >= 15 is 0 Å². The van der Waals surface area contributed by atoms with Crippen molar-refractivity contribution in [1.82, 2.24) is 15.5 Å². The van der Waals surface area contributed by atoms with Gasteiger partial charge in [-0.3, -0.25) is 4.79 Å². The van der Waals surface area contributed by atoms with Crippen molar-refractivity contribution in [3.63, 3.8) is 0 Å². The number of guanidine groups is 1. The molecule has 9 heteroatoms. The van der Waals surface area contributed by atoms with Crippen LogP contribution in [0, 0.1) is 5.92 Å². The van der Waals surface area contributed by atoms with Gasteiger partial charge in [-0.15, -0.1) is 24.0 Å². The maximum absolute atomic E-state index is 12.5. The fourth-order valence-corrected chi connectivity index (χ4v) is 1.80. The lowest BCUT2D eigenvalue weighted by Gasteiger charge is -2.16. The summed E-state index contributed by atoms with van der Waals surface area (Å²) in [6.07, 6.45) is 0. The Kier molecular flexibility index (Phi) is 11.9. The number of halogens is 3. The van der Waals surface area contributed by atoms with Crippen LogP contribution >= 0.6 is 24.0 Å². The van der Waals surface area contributed by atoms with E-state index in [0.717, 1.165) is 0 Å². The van der Waals surface area contributed by atoms with Gasteiger partial charge in [0.05, 0.1) is 13.1 Å². The number of carbonyl (C=O) groups excluding carboxylic acids is 1. The molecule has 1 rings (SSSR count). The van der Waals surface area contributed by atoms with Crippen LogP contribution in [0.2, 0.25) is 0 Å². The fourth-order valence-electron chi connectivity index (χ4n) is 1.80. The Labute approximate surface area is 170 Å². The van der Waals surface area contributed by atoms with E-state index in [9.17, 15) is 13.6 Å². The number of ether oxygens (including phenoxy) is 1. The largest absolute Gasteiger partial charge is 0.434 e. The Bertz CT molecular complexity index is 584. The third-order valence-electron chi connectivity index (χ3n) is 3.18. The Morgan fingerprint density at radius 1 is 1.23 bits per heavy atom. The van der Waals surface area contributed by atoms with Crippen LogP contribution in [0.3, 0.4) is 0 Å². The first-order chi connectivity index (χ1) is 11.8. The summed E-state index contributed by atoms with van der Waals surface area (Å²) in [5.74, 6) is 0.816. The van der Waals surface area contributed by atoms with Crippen LogP contribution in [-0.2, 0) is 11.3 Å². The monoisotopic (exact) mass is 484 g/mol. The molecule has 0 atom stereocenters. The molecule has 1 aromatic carbocycles. The molecule has 6 nitrogen and oxygen atoms in total.